The van der Waals surface area contributed by atoms with E-state index in [0.717, 1.165) is 12.1 Å². The van der Waals surface area contributed by atoms with Crippen LogP contribution in [0, 0.1) is 41.4 Å². The molecule has 606 valence electrons. The maximum absolute atomic E-state index is 15.0. The summed E-state index contributed by atoms with van der Waals surface area (Å²) in [7, 11) is 0. The van der Waals surface area contributed by atoms with Gasteiger partial charge in [-0.3, -0.25) is 62.3 Å². The SMILES string of the molecule is C/C=C1\NC(=O)[C@H](Cc2ccccc2)NC(=O)[C@@H](C(C)C)NC(=O)[C@@H]([C@H](C)CC)NC(=O)[C@H](NC(=O)[C@H](NC(=O)[C@H](CCCN)NC(=O)[C@H]2CCCN2C(=O)[C@H](NC(=O)[C@@H](NC(=O)[C@@H](NC(=O)[C@H](NC(=O)c2ccc(C(F)(F)F)cc2)C(C)C)[C@@H](C)O)C(C)C)C(C)C)[C@H](C)CC)[C@H](C)OC(=O)[C@H](C(C)C)NC1=O. The zero-order valence-corrected chi connectivity index (χ0v) is 65.5. The number of carbonyl (C=O) groups excluding carboxylic acids is 14. The summed E-state index contributed by atoms with van der Waals surface area (Å²) in [5.74, 6) is -17.2. The zero-order chi connectivity index (χ0) is 82.2. The molecule has 16 atom stereocenters. The van der Waals surface area contributed by atoms with Crippen LogP contribution in [-0.4, -0.2) is 191 Å². The van der Waals surface area contributed by atoms with Crippen LogP contribution in [-0.2, 0) is 79.7 Å². The molecule has 2 aromatic rings. The average molecular weight is 1540 g/mol. The van der Waals surface area contributed by atoms with Crippen LogP contribution in [0.1, 0.15) is 178 Å². The van der Waals surface area contributed by atoms with E-state index in [1.807, 2.05) is 0 Å². The lowest BCUT2D eigenvalue weighted by molar-refractivity contribution is -0.157. The number of nitrogens with zero attached hydrogens (tertiary/aromatic N) is 1. The van der Waals surface area contributed by atoms with E-state index in [2.05, 4.69) is 63.8 Å². The number of rotatable bonds is 30. The van der Waals surface area contributed by atoms with Gasteiger partial charge in [0.1, 0.15) is 84.3 Å². The van der Waals surface area contributed by atoms with Crippen LogP contribution in [0.2, 0.25) is 0 Å². The van der Waals surface area contributed by atoms with Crippen LogP contribution in [0.15, 0.2) is 66.4 Å². The average Bonchev–Trinajstić information content (AvgIpc) is 1.77. The van der Waals surface area contributed by atoms with Crippen molar-refractivity contribution in [2.75, 3.05) is 13.1 Å². The standard InChI is InChI=1S/C76H115F3N14O16/c1-18-42(14)58(71(104)92-61-45(17)109-75(108)57(41(12)13)88-63(96)49(20-3)81-65(98)51(36-46-26-22-21-23-27-46)83-67(100)53(37(4)5)85-70(103)59(43(15)19-2)90-73(61)106)89-64(97)50(28-24-34-80)82-66(99)52-29-25-35-93(52)74(107)56(40(10)11)87-68(101)55(39(8)9)86-72(105)60(44(16)94)91-69(102)54(38(6)7)84-62(95)47-30-32-48(33-31-47)76(77,78)79/h20-23,26-27,30-33,37-45,50-61,94H,18-19,24-25,28-29,34-36,80H2,1-17H3,(H,81,98)(H,82,99)(H,83,100)(H,84,95)(H,85,103)(H,86,105)(H,87,101)(H,88,96)(H,89,97)(H,90,106)(H,91,102)(H,92,104)/b49-20-/t42-,43-,44-,45+,50+,51+,52-,53-,54-,55+,56-,57+,58-,59-,60+,61-/m1/s1. The number of hydrogen-bond donors (Lipinski definition) is 14. The topological polar surface area (TPSA) is 442 Å². The van der Waals surface area contributed by atoms with Gasteiger partial charge in [0, 0.05) is 18.5 Å². The highest BCUT2D eigenvalue weighted by molar-refractivity contribution is 6.03. The zero-order valence-electron chi connectivity index (χ0n) is 65.5. The van der Waals surface area contributed by atoms with Gasteiger partial charge in [-0.1, -0.05) is 146 Å². The smallest absolute Gasteiger partial charge is 0.416 e. The van der Waals surface area contributed by atoms with Gasteiger partial charge in [0.15, 0.2) is 0 Å². The molecule has 33 heteroatoms. The minimum absolute atomic E-state index is 0.0224. The van der Waals surface area contributed by atoms with Crippen LogP contribution >= 0.6 is 0 Å². The molecule has 2 saturated heterocycles. The van der Waals surface area contributed by atoms with Crippen molar-refractivity contribution in [2.24, 2.45) is 47.2 Å². The molecule has 0 bridgehead atoms. The first-order valence-corrected chi connectivity index (χ1v) is 37.5. The Labute approximate surface area is 636 Å². The van der Waals surface area contributed by atoms with Gasteiger partial charge in [-0.25, -0.2) is 4.79 Å². The fourth-order valence-corrected chi connectivity index (χ4v) is 12.3. The van der Waals surface area contributed by atoms with Crippen LogP contribution in [0.4, 0.5) is 13.2 Å². The van der Waals surface area contributed by atoms with Crippen molar-refractivity contribution in [1.29, 1.82) is 0 Å². The summed E-state index contributed by atoms with van der Waals surface area (Å²) in [6.45, 7) is 26.8. The van der Waals surface area contributed by atoms with Crippen LogP contribution in [0.25, 0.3) is 0 Å². The van der Waals surface area contributed by atoms with E-state index in [1.165, 1.54) is 31.7 Å². The third-order valence-corrected chi connectivity index (χ3v) is 19.5. The van der Waals surface area contributed by atoms with Crippen LogP contribution in [0.3, 0.4) is 0 Å². The lowest BCUT2D eigenvalue weighted by Crippen LogP contribution is -2.64. The van der Waals surface area contributed by atoms with E-state index in [4.69, 9.17) is 10.5 Å². The number of nitrogens with two attached hydrogens (primary N) is 1. The quantitative estimate of drug-likeness (QED) is 0.0394. The number of ether oxygens (including phenoxy) is 1. The van der Waals surface area contributed by atoms with Crippen molar-refractivity contribution >= 4 is 82.8 Å². The number of aliphatic hydroxyl groups excluding tert-OH is 1. The third-order valence-electron chi connectivity index (χ3n) is 19.5. The number of allylic oxidation sites excluding steroid dienone is 1. The second kappa shape index (κ2) is 42.4. The number of esters is 1. The highest BCUT2D eigenvalue weighted by Crippen LogP contribution is 2.30. The second-order valence-electron chi connectivity index (χ2n) is 29.9. The van der Waals surface area contributed by atoms with E-state index >= 15 is 9.59 Å². The molecule has 0 unspecified atom stereocenters. The Morgan fingerprint density at radius 3 is 1.68 bits per heavy atom. The second-order valence-corrected chi connectivity index (χ2v) is 29.9. The highest BCUT2D eigenvalue weighted by atomic mass is 19.4. The molecule has 15 N–H and O–H groups in total. The number of hydrogen-bond acceptors (Lipinski definition) is 17. The number of alkyl halides is 3. The molecule has 0 aromatic heterocycles. The highest BCUT2D eigenvalue weighted by Gasteiger charge is 2.45. The Hall–Kier alpha value is -9.53. The first kappa shape index (κ1) is 91.9. The van der Waals surface area contributed by atoms with Gasteiger partial charge < -0.3 is 84.3 Å². The van der Waals surface area contributed by atoms with Gasteiger partial charge in [-0.05, 0) is 124 Å². The molecule has 2 aliphatic rings. The minimum atomic E-state index is -4.67. The van der Waals surface area contributed by atoms with Crippen molar-refractivity contribution in [3.8, 4) is 0 Å². The van der Waals surface area contributed by atoms with Gasteiger partial charge >= 0.3 is 12.1 Å². The Balaban J connectivity index is 1.62. The summed E-state index contributed by atoms with van der Waals surface area (Å²) in [5, 5.41) is 42.5. The summed E-state index contributed by atoms with van der Waals surface area (Å²) in [6.07, 6.45) is -5.64. The number of benzene rings is 2. The van der Waals surface area contributed by atoms with Gasteiger partial charge in [0.05, 0.1) is 11.7 Å². The fraction of sp³-hybridized carbons (Fsp3) is 0.632. The summed E-state index contributed by atoms with van der Waals surface area (Å²) >= 11 is 0. The van der Waals surface area contributed by atoms with E-state index in [0.29, 0.717) is 24.1 Å². The number of carbonyl (C=O) groups is 14. The predicted molar refractivity (Wildman–Crippen MR) is 397 cm³/mol. The number of amides is 13. The monoisotopic (exact) mass is 1540 g/mol. The lowest BCUT2D eigenvalue weighted by Gasteiger charge is -2.33. The molecule has 2 aromatic carbocycles. The number of halogens is 3. The normalized spacial score (nSPS) is 22.2. The molecule has 0 aliphatic carbocycles. The molecule has 109 heavy (non-hydrogen) atoms. The van der Waals surface area contributed by atoms with Crippen molar-refractivity contribution in [3.05, 3.63) is 83.1 Å². The largest absolute Gasteiger partial charge is 0.458 e. The molecule has 30 nitrogen and oxygen atoms in total. The van der Waals surface area contributed by atoms with E-state index in [1.54, 1.807) is 127 Å². The molecular formula is C76H115F3N14O16. The molecule has 0 spiro atoms. The van der Waals surface area contributed by atoms with Gasteiger partial charge in [0.2, 0.25) is 65.0 Å². The van der Waals surface area contributed by atoms with Gasteiger partial charge in [-0.15, -0.1) is 0 Å². The number of likely N-dealkylation sites (tertiary alicyclic amines) is 1. The van der Waals surface area contributed by atoms with Crippen molar-refractivity contribution in [1.82, 2.24) is 68.7 Å². The Morgan fingerprint density at radius 1 is 0.624 bits per heavy atom. The molecule has 2 aliphatic heterocycles. The van der Waals surface area contributed by atoms with Crippen LogP contribution < -0.4 is 69.5 Å². The molecule has 13 amide bonds. The third kappa shape index (κ3) is 26.4. The summed E-state index contributed by atoms with van der Waals surface area (Å²) in [4.78, 5) is 202. The Morgan fingerprint density at radius 2 is 1.16 bits per heavy atom. The molecule has 0 radical (unpaired) electrons. The lowest BCUT2D eigenvalue weighted by atomic mass is 9.95. The van der Waals surface area contributed by atoms with Crippen molar-refractivity contribution in [2.45, 2.75) is 254 Å². The van der Waals surface area contributed by atoms with Crippen molar-refractivity contribution in [3.63, 3.8) is 0 Å². The number of aliphatic hydroxyl groups is 1. The minimum Gasteiger partial charge on any atom is -0.458 e. The molecule has 4 rings (SSSR count). The maximum Gasteiger partial charge on any atom is 0.416 e. The fourth-order valence-electron chi connectivity index (χ4n) is 12.3. The summed E-state index contributed by atoms with van der Waals surface area (Å²) < 4.78 is 45.6. The van der Waals surface area contributed by atoms with Crippen LogP contribution in [0.5, 0.6) is 0 Å². The maximum atomic E-state index is 15.0. The number of nitrogens with one attached hydrogen (secondary N) is 12. The summed E-state index contributed by atoms with van der Waals surface area (Å²) in [6, 6.07) is -5.33. The van der Waals surface area contributed by atoms with Gasteiger partial charge in [0.25, 0.3) is 11.8 Å². The van der Waals surface area contributed by atoms with E-state index < -0.39 is 221 Å². The molecule has 2 fully saturated rings. The van der Waals surface area contributed by atoms with E-state index in [9.17, 15) is 75.8 Å². The first-order valence-electron chi connectivity index (χ1n) is 37.5. The van der Waals surface area contributed by atoms with E-state index in [-0.39, 0.29) is 62.9 Å². The number of cyclic esters (lactones) is 1. The Bertz CT molecular complexity index is 3540. The first-order chi connectivity index (χ1) is 51.0. The van der Waals surface area contributed by atoms with Gasteiger partial charge in [-0.2, -0.15) is 13.2 Å². The molecule has 0 saturated carbocycles. The summed E-state index contributed by atoms with van der Waals surface area (Å²) in [5.41, 5.74) is 5.10. The Kier molecular flexibility index (Phi) is 35.8. The molecular weight excluding hydrogens is 1420 g/mol. The molecule has 2 heterocycles. The predicted octanol–water partition coefficient (Wildman–Crippen LogP) is 2.34. The van der Waals surface area contributed by atoms with Crippen molar-refractivity contribution < 1.29 is 90.1 Å².